The van der Waals surface area contributed by atoms with Gasteiger partial charge < -0.3 is 14.3 Å². The van der Waals surface area contributed by atoms with E-state index in [9.17, 15) is 0 Å². The SMILES string of the molecule is CC(C)(C)[Si](C)(C)OCC1OC1CO. The highest BCUT2D eigenvalue weighted by atomic mass is 28.4. The summed E-state index contributed by atoms with van der Waals surface area (Å²) in [5.41, 5.74) is 0. The minimum absolute atomic E-state index is 0.0276. The molecule has 0 aliphatic carbocycles. The lowest BCUT2D eigenvalue weighted by Crippen LogP contribution is -2.41. The Hall–Kier alpha value is 0.0969. The van der Waals surface area contributed by atoms with Gasteiger partial charge in [-0.05, 0) is 18.1 Å². The van der Waals surface area contributed by atoms with Crippen LogP contribution in [0.5, 0.6) is 0 Å². The zero-order valence-electron chi connectivity index (χ0n) is 9.83. The van der Waals surface area contributed by atoms with Gasteiger partial charge in [0.2, 0.25) is 0 Å². The summed E-state index contributed by atoms with van der Waals surface area (Å²) in [5.74, 6) is 0. The molecule has 0 radical (unpaired) electrons. The van der Waals surface area contributed by atoms with Gasteiger partial charge in [-0.15, -0.1) is 0 Å². The van der Waals surface area contributed by atoms with E-state index >= 15 is 0 Å². The maximum atomic E-state index is 8.80. The zero-order valence-corrected chi connectivity index (χ0v) is 10.8. The lowest BCUT2D eigenvalue weighted by molar-refractivity contribution is 0.227. The van der Waals surface area contributed by atoms with Gasteiger partial charge in [-0.3, -0.25) is 0 Å². The van der Waals surface area contributed by atoms with Crippen LogP contribution >= 0.6 is 0 Å². The van der Waals surface area contributed by atoms with Gasteiger partial charge in [0.15, 0.2) is 8.32 Å². The first-order chi connectivity index (χ1) is 6.28. The first-order valence-electron chi connectivity index (χ1n) is 5.18. The van der Waals surface area contributed by atoms with Crippen LogP contribution in [0.1, 0.15) is 20.8 Å². The molecule has 1 aliphatic rings. The highest BCUT2D eigenvalue weighted by Gasteiger charge is 2.43. The van der Waals surface area contributed by atoms with Crippen LogP contribution in [-0.4, -0.2) is 38.8 Å². The Kier molecular flexibility index (Phi) is 3.41. The van der Waals surface area contributed by atoms with Crippen molar-refractivity contribution in [3.8, 4) is 0 Å². The number of aliphatic hydroxyl groups is 1. The molecule has 0 saturated carbocycles. The van der Waals surface area contributed by atoms with Gasteiger partial charge in [-0.1, -0.05) is 20.8 Å². The summed E-state index contributed by atoms with van der Waals surface area (Å²) in [6.07, 6.45) is 0.161. The van der Waals surface area contributed by atoms with Crippen molar-refractivity contribution in [3.63, 3.8) is 0 Å². The van der Waals surface area contributed by atoms with Crippen molar-refractivity contribution in [2.75, 3.05) is 13.2 Å². The van der Waals surface area contributed by atoms with E-state index in [1.807, 2.05) is 0 Å². The van der Waals surface area contributed by atoms with Crippen molar-refractivity contribution in [1.29, 1.82) is 0 Å². The molecule has 1 rings (SSSR count). The standard InChI is InChI=1S/C10H22O3Si/c1-10(2,3)14(4,5)12-7-9-8(6-11)13-9/h8-9,11H,6-7H2,1-5H3. The number of hydrogen-bond donors (Lipinski definition) is 1. The number of rotatable bonds is 4. The number of epoxide rings is 1. The first kappa shape index (κ1) is 12.2. The molecule has 0 bridgehead atoms. The van der Waals surface area contributed by atoms with Gasteiger partial charge in [0.1, 0.15) is 12.2 Å². The van der Waals surface area contributed by atoms with E-state index in [0.717, 1.165) is 0 Å². The molecule has 84 valence electrons. The number of hydrogen-bond acceptors (Lipinski definition) is 3. The Morgan fingerprint density at radius 1 is 1.29 bits per heavy atom. The largest absolute Gasteiger partial charge is 0.414 e. The predicted molar refractivity (Wildman–Crippen MR) is 58.9 cm³/mol. The molecule has 0 aromatic carbocycles. The van der Waals surface area contributed by atoms with E-state index in [1.54, 1.807) is 0 Å². The van der Waals surface area contributed by atoms with E-state index in [0.29, 0.717) is 6.61 Å². The van der Waals surface area contributed by atoms with Crippen LogP contribution < -0.4 is 0 Å². The Balaban J connectivity index is 2.31. The molecule has 1 N–H and O–H groups in total. The topological polar surface area (TPSA) is 42.0 Å². The van der Waals surface area contributed by atoms with Gasteiger partial charge in [0.05, 0.1) is 13.2 Å². The highest BCUT2D eigenvalue weighted by Crippen LogP contribution is 2.37. The molecule has 1 fully saturated rings. The minimum atomic E-state index is -1.63. The van der Waals surface area contributed by atoms with Crippen molar-refractivity contribution >= 4 is 8.32 Å². The third kappa shape index (κ3) is 2.79. The summed E-state index contributed by atoms with van der Waals surface area (Å²) >= 11 is 0. The van der Waals surface area contributed by atoms with E-state index in [-0.39, 0.29) is 23.9 Å². The third-order valence-electron chi connectivity index (χ3n) is 3.28. The van der Waals surface area contributed by atoms with E-state index in [4.69, 9.17) is 14.3 Å². The second kappa shape index (κ2) is 3.93. The monoisotopic (exact) mass is 218 g/mol. The van der Waals surface area contributed by atoms with Crippen LogP contribution in [0.25, 0.3) is 0 Å². The van der Waals surface area contributed by atoms with Gasteiger partial charge in [0.25, 0.3) is 0 Å². The molecule has 1 aliphatic heterocycles. The molecule has 2 unspecified atom stereocenters. The van der Waals surface area contributed by atoms with Crippen LogP contribution in [0.4, 0.5) is 0 Å². The lowest BCUT2D eigenvalue weighted by Gasteiger charge is -2.35. The fourth-order valence-corrected chi connectivity index (χ4v) is 2.01. The Morgan fingerprint density at radius 3 is 2.21 bits per heavy atom. The van der Waals surface area contributed by atoms with Crippen molar-refractivity contribution in [3.05, 3.63) is 0 Å². The Bertz CT molecular complexity index is 198. The van der Waals surface area contributed by atoms with E-state index < -0.39 is 8.32 Å². The normalized spacial score (nSPS) is 27.9. The molecule has 0 amide bonds. The number of ether oxygens (including phenoxy) is 1. The smallest absolute Gasteiger partial charge is 0.192 e. The Morgan fingerprint density at radius 2 is 1.86 bits per heavy atom. The van der Waals surface area contributed by atoms with Gasteiger partial charge in [-0.25, -0.2) is 0 Å². The summed E-state index contributed by atoms with van der Waals surface area (Å²) in [6, 6.07) is 0. The summed E-state index contributed by atoms with van der Waals surface area (Å²) in [7, 11) is -1.63. The highest BCUT2D eigenvalue weighted by molar-refractivity contribution is 6.74. The molecular formula is C10H22O3Si. The molecule has 1 heterocycles. The summed E-state index contributed by atoms with van der Waals surface area (Å²) in [4.78, 5) is 0. The molecule has 4 heteroatoms. The second-order valence-corrected chi connectivity index (χ2v) is 10.3. The Labute approximate surface area is 87.5 Å². The molecule has 0 aromatic heterocycles. The third-order valence-corrected chi connectivity index (χ3v) is 7.78. The fourth-order valence-electron chi connectivity index (χ4n) is 0.993. The molecule has 2 atom stereocenters. The zero-order chi connectivity index (χ0) is 11.0. The van der Waals surface area contributed by atoms with Crippen LogP contribution in [-0.2, 0) is 9.16 Å². The van der Waals surface area contributed by atoms with Crippen LogP contribution in [0.3, 0.4) is 0 Å². The van der Waals surface area contributed by atoms with Crippen LogP contribution in [0.15, 0.2) is 0 Å². The minimum Gasteiger partial charge on any atom is -0.414 e. The van der Waals surface area contributed by atoms with Gasteiger partial charge in [0, 0.05) is 0 Å². The molecule has 1 saturated heterocycles. The maximum absolute atomic E-state index is 8.80. The van der Waals surface area contributed by atoms with Crippen molar-refractivity contribution in [2.45, 2.75) is 51.1 Å². The van der Waals surface area contributed by atoms with Crippen LogP contribution in [0, 0.1) is 0 Å². The van der Waals surface area contributed by atoms with Crippen molar-refractivity contribution < 1.29 is 14.3 Å². The first-order valence-corrected chi connectivity index (χ1v) is 8.09. The lowest BCUT2D eigenvalue weighted by atomic mass is 10.2. The summed E-state index contributed by atoms with van der Waals surface area (Å²) in [5, 5.41) is 9.04. The van der Waals surface area contributed by atoms with Gasteiger partial charge >= 0.3 is 0 Å². The van der Waals surface area contributed by atoms with Gasteiger partial charge in [-0.2, -0.15) is 0 Å². The van der Waals surface area contributed by atoms with Crippen molar-refractivity contribution in [2.24, 2.45) is 0 Å². The fraction of sp³-hybridized carbons (Fsp3) is 1.00. The maximum Gasteiger partial charge on any atom is 0.192 e. The van der Waals surface area contributed by atoms with E-state index in [1.165, 1.54) is 0 Å². The molecule has 3 nitrogen and oxygen atoms in total. The summed E-state index contributed by atoms with van der Waals surface area (Å²) < 4.78 is 11.2. The van der Waals surface area contributed by atoms with E-state index in [2.05, 4.69) is 33.9 Å². The van der Waals surface area contributed by atoms with Crippen molar-refractivity contribution in [1.82, 2.24) is 0 Å². The average Bonchev–Trinajstić information content (AvgIpc) is 2.77. The molecule has 0 spiro atoms. The second-order valence-electron chi connectivity index (χ2n) is 5.47. The predicted octanol–water partition coefficient (Wildman–Crippen LogP) is 1.77. The quantitative estimate of drug-likeness (QED) is 0.577. The molecular weight excluding hydrogens is 196 g/mol. The van der Waals surface area contributed by atoms with Crippen LogP contribution in [0.2, 0.25) is 18.1 Å². The molecule has 0 aromatic rings. The molecule has 14 heavy (non-hydrogen) atoms. The number of aliphatic hydroxyl groups excluding tert-OH is 1. The summed E-state index contributed by atoms with van der Waals surface area (Å²) in [6.45, 7) is 11.9. The average molecular weight is 218 g/mol.